The Balaban J connectivity index is 1.34. The van der Waals surface area contributed by atoms with Gasteiger partial charge in [-0.25, -0.2) is 0 Å². The zero-order valence-corrected chi connectivity index (χ0v) is 16.4. The first kappa shape index (κ1) is 18.7. The molecule has 1 aromatic heterocycles. The van der Waals surface area contributed by atoms with Gasteiger partial charge in [-0.05, 0) is 37.5 Å². The van der Waals surface area contributed by atoms with Crippen molar-refractivity contribution in [3.63, 3.8) is 0 Å². The van der Waals surface area contributed by atoms with Gasteiger partial charge in [0.15, 0.2) is 0 Å². The molecule has 1 spiro atoms. The van der Waals surface area contributed by atoms with E-state index in [4.69, 9.17) is 0 Å². The lowest BCUT2D eigenvalue weighted by Gasteiger charge is -2.39. The van der Waals surface area contributed by atoms with Crippen LogP contribution in [0, 0.1) is 12.3 Å². The Kier molecular flexibility index (Phi) is 5.16. The minimum absolute atomic E-state index is 0.0183. The maximum atomic E-state index is 12.6. The zero-order chi connectivity index (χ0) is 19.6. The Morgan fingerprint density at radius 3 is 2.54 bits per heavy atom. The molecule has 5 heteroatoms. The number of likely N-dealkylation sites (tertiary alicyclic amines) is 2. The van der Waals surface area contributed by atoms with Crippen molar-refractivity contribution in [2.75, 3.05) is 19.6 Å². The molecule has 0 N–H and O–H groups in total. The quantitative estimate of drug-likeness (QED) is 0.823. The van der Waals surface area contributed by atoms with Gasteiger partial charge in [0.05, 0.1) is 18.7 Å². The number of piperidine rings is 1. The maximum absolute atomic E-state index is 12.6. The second kappa shape index (κ2) is 7.74. The molecule has 3 heterocycles. The Hall–Kier alpha value is -2.69. The van der Waals surface area contributed by atoms with Crippen LogP contribution in [0.3, 0.4) is 0 Å². The summed E-state index contributed by atoms with van der Waals surface area (Å²) >= 11 is 0. The fourth-order valence-corrected chi connectivity index (χ4v) is 4.46. The van der Waals surface area contributed by atoms with Crippen LogP contribution in [0.25, 0.3) is 0 Å². The third-order valence-corrected chi connectivity index (χ3v) is 6.08. The summed E-state index contributed by atoms with van der Waals surface area (Å²) in [7, 11) is 0. The summed E-state index contributed by atoms with van der Waals surface area (Å²) in [4.78, 5) is 33.7. The van der Waals surface area contributed by atoms with Crippen LogP contribution in [0.1, 0.15) is 36.2 Å². The van der Waals surface area contributed by atoms with Gasteiger partial charge in [-0.2, -0.15) is 0 Å². The van der Waals surface area contributed by atoms with Gasteiger partial charge < -0.3 is 9.80 Å². The van der Waals surface area contributed by atoms with E-state index in [1.165, 1.54) is 0 Å². The first-order chi connectivity index (χ1) is 13.5. The van der Waals surface area contributed by atoms with E-state index in [-0.39, 0.29) is 17.2 Å². The van der Waals surface area contributed by atoms with E-state index >= 15 is 0 Å². The summed E-state index contributed by atoms with van der Waals surface area (Å²) in [5, 5.41) is 0. The third kappa shape index (κ3) is 4.08. The first-order valence-electron chi connectivity index (χ1n) is 10.1. The van der Waals surface area contributed by atoms with Crippen LogP contribution in [0.15, 0.2) is 48.5 Å². The van der Waals surface area contributed by atoms with Crippen molar-refractivity contribution in [3.8, 4) is 0 Å². The van der Waals surface area contributed by atoms with Gasteiger partial charge in [0, 0.05) is 37.2 Å². The number of amides is 2. The second-order valence-electron chi connectivity index (χ2n) is 8.24. The van der Waals surface area contributed by atoms with Crippen LogP contribution in [-0.2, 0) is 22.6 Å². The Bertz CT molecular complexity index is 857. The molecule has 2 amide bonds. The van der Waals surface area contributed by atoms with E-state index in [0.717, 1.165) is 49.4 Å². The topological polar surface area (TPSA) is 53.5 Å². The molecule has 0 atom stereocenters. The monoisotopic (exact) mass is 377 g/mol. The normalized spacial score (nSPS) is 18.7. The van der Waals surface area contributed by atoms with Crippen molar-refractivity contribution in [2.45, 2.75) is 39.2 Å². The molecule has 1 aromatic carbocycles. The molecule has 28 heavy (non-hydrogen) atoms. The fourth-order valence-electron chi connectivity index (χ4n) is 4.46. The third-order valence-electron chi connectivity index (χ3n) is 6.08. The molecule has 0 unspecified atom stereocenters. The Morgan fingerprint density at radius 1 is 1.07 bits per heavy atom. The first-order valence-corrected chi connectivity index (χ1v) is 10.1. The van der Waals surface area contributed by atoms with Crippen LogP contribution in [0.4, 0.5) is 0 Å². The number of carbonyl (C=O) groups excluding carboxylic acids is 2. The number of carbonyl (C=O) groups is 2. The largest absolute Gasteiger partial charge is 0.342 e. The summed E-state index contributed by atoms with van der Waals surface area (Å²) in [5.41, 5.74) is 3.00. The van der Waals surface area contributed by atoms with Crippen molar-refractivity contribution >= 4 is 11.8 Å². The predicted molar refractivity (Wildman–Crippen MR) is 107 cm³/mol. The summed E-state index contributed by atoms with van der Waals surface area (Å²) in [6.07, 6.45) is 2.85. The van der Waals surface area contributed by atoms with Gasteiger partial charge in [0.1, 0.15) is 0 Å². The van der Waals surface area contributed by atoms with Crippen molar-refractivity contribution in [3.05, 3.63) is 65.5 Å². The van der Waals surface area contributed by atoms with Crippen molar-refractivity contribution in [1.29, 1.82) is 0 Å². The van der Waals surface area contributed by atoms with E-state index in [0.29, 0.717) is 19.4 Å². The number of nitrogens with zero attached hydrogens (tertiary/aromatic N) is 3. The SMILES string of the molecule is Cc1cccc(CN2CC3(CCN(C(=O)Cc4ccccc4)CC3)CC2=O)n1. The van der Waals surface area contributed by atoms with E-state index in [1.54, 1.807) is 0 Å². The molecule has 2 saturated heterocycles. The molecule has 2 fully saturated rings. The molecule has 0 saturated carbocycles. The van der Waals surface area contributed by atoms with Crippen molar-refractivity contribution < 1.29 is 9.59 Å². The smallest absolute Gasteiger partial charge is 0.226 e. The number of benzene rings is 1. The lowest BCUT2D eigenvalue weighted by molar-refractivity contribution is -0.132. The van der Waals surface area contributed by atoms with Crippen LogP contribution in [-0.4, -0.2) is 46.2 Å². The minimum Gasteiger partial charge on any atom is -0.342 e. The summed E-state index contributed by atoms with van der Waals surface area (Å²) in [6.45, 7) is 4.82. The maximum Gasteiger partial charge on any atom is 0.226 e. The Morgan fingerprint density at radius 2 is 1.82 bits per heavy atom. The van der Waals surface area contributed by atoms with Crippen LogP contribution >= 0.6 is 0 Å². The number of hydrogen-bond acceptors (Lipinski definition) is 3. The highest BCUT2D eigenvalue weighted by atomic mass is 16.2. The van der Waals surface area contributed by atoms with E-state index < -0.39 is 0 Å². The molecular weight excluding hydrogens is 350 g/mol. The van der Waals surface area contributed by atoms with Gasteiger partial charge in [-0.3, -0.25) is 14.6 Å². The number of rotatable bonds is 4. The standard InChI is InChI=1S/C23H27N3O2/c1-18-6-5-9-20(24-18)16-26-17-23(15-22(26)28)10-12-25(13-11-23)21(27)14-19-7-3-2-4-8-19/h2-9H,10-17H2,1H3. The molecule has 0 aliphatic carbocycles. The van der Waals surface area contributed by atoms with Gasteiger partial charge in [0.25, 0.3) is 0 Å². The molecule has 4 rings (SSSR count). The van der Waals surface area contributed by atoms with Crippen LogP contribution < -0.4 is 0 Å². The predicted octanol–water partition coefficient (Wildman–Crippen LogP) is 2.97. The number of pyridine rings is 1. The highest BCUT2D eigenvalue weighted by molar-refractivity contribution is 5.80. The zero-order valence-electron chi connectivity index (χ0n) is 16.4. The van der Waals surface area contributed by atoms with Crippen LogP contribution in [0.5, 0.6) is 0 Å². The highest BCUT2D eigenvalue weighted by Crippen LogP contribution is 2.41. The highest BCUT2D eigenvalue weighted by Gasteiger charge is 2.45. The van der Waals surface area contributed by atoms with Gasteiger partial charge in [-0.1, -0.05) is 36.4 Å². The lowest BCUT2D eigenvalue weighted by Crippen LogP contribution is -2.44. The molecule has 0 radical (unpaired) electrons. The average Bonchev–Trinajstić information content (AvgIpc) is 2.98. The second-order valence-corrected chi connectivity index (χ2v) is 8.24. The fraction of sp³-hybridized carbons (Fsp3) is 0.435. The van der Waals surface area contributed by atoms with Crippen LogP contribution in [0.2, 0.25) is 0 Å². The van der Waals surface area contributed by atoms with E-state index in [2.05, 4.69) is 4.98 Å². The molecular formula is C23H27N3O2. The number of aromatic nitrogens is 1. The number of hydrogen-bond donors (Lipinski definition) is 0. The number of aryl methyl sites for hydroxylation is 1. The molecule has 2 aromatic rings. The van der Waals surface area contributed by atoms with Gasteiger partial charge >= 0.3 is 0 Å². The summed E-state index contributed by atoms with van der Waals surface area (Å²) < 4.78 is 0. The molecule has 5 nitrogen and oxygen atoms in total. The minimum atomic E-state index is 0.0183. The lowest BCUT2D eigenvalue weighted by atomic mass is 9.77. The van der Waals surface area contributed by atoms with Crippen molar-refractivity contribution in [1.82, 2.24) is 14.8 Å². The van der Waals surface area contributed by atoms with E-state index in [9.17, 15) is 9.59 Å². The average molecular weight is 377 g/mol. The summed E-state index contributed by atoms with van der Waals surface area (Å²) in [6, 6.07) is 15.8. The molecule has 2 aliphatic heterocycles. The Labute approximate surface area is 166 Å². The summed E-state index contributed by atoms with van der Waals surface area (Å²) in [5.74, 6) is 0.401. The molecule has 0 bridgehead atoms. The van der Waals surface area contributed by atoms with Gasteiger partial charge in [-0.15, -0.1) is 0 Å². The van der Waals surface area contributed by atoms with Gasteiger partial charge in [0.2, 0.25) is 11.8 Å². The van der Waals surface area contributed by atoms with Crippen molar-refractivity contribution in [2.24, 2.45) is 5.41 Å². The molecule has 2 aliphatic rings. The van der Waals surface area contributed by atoms with E-state index in [1.807, 2.05) is 65.3 Å². The molecule has 146 valence electrons.